The molecule has 3 unspecified atom stereocenters. The van der Waals surface area contributed by atoms with Gasteiger partial charge >= 0.3 is 6.03 Å². The molecule has 3 saturated heterocycles. The quantitative estimate of drug-likeness (QED) is 0.808. The second-order valence-electron chi connectivity index (χ2n) is 8.93. The molecule has 1 aliphatic carbocycles. The minimum atomic E-state index is -0.0318. The van der Waals surface area contributed by atoms with Crippen LogP contribution in [-0.2, 0) is 4.79 Å². The fraction of sp³-hybridized carbons (Fsp3) is 0.900. The van der Waals surface area contributed by atoms with Crippen molar-refractivity contribution in [3.63, 3.8) is 0 Å². The van der Waals surface area contributed by atoms with E-state index in [4.69, 9.17) is 0 Å². The summed E-state index contributed by atoms with van der Waals surface area (Å²) in [4.78, 5) is 29.5. The highest BCUT2D eigenvalue weighted by Crippen LogP contribution is 2.30. The van der Waals surface area contributed by atoms with Crippen LogP contribution in [0.3, 0.4) is 0 Å². The minimum Gasteiger partial charge on any atom is -0.342 e. The van der Waals surface area contributed by atoms with Crippen LogP contribution in [-0.4, -0.2) is 66.0 Å². The van der Waals surface area contributed by atoms with Crippen LogP contribution in [0.25, 0.3) is 0 Å². The number of hydrogen-bond donors (Lipinski definition) is 2. The highest BCUT2D eigenvalue weighted by Gasteiger charge is 2.39. The molecule has 146 valence electrons. The van der Waals surface area contributed by atoms with Gasteiger partial charge in [-0.05, 0) is 51.4 Å². The van der Waals surface area contributed by atoms with Crippen molar-refractivity contribution in [3.8, 4) is 0 Å². The summed E-state index contributed by atoms with van der Waals surface area (Å²) in [6.45, 7) is 1.36. The minimum absolute atomic E-state index is 0.0318. The third-order valence-corrected chi connectivity index (χ3v) is 7.08. The van der Waals surface area contributed by atoms with E-state index < -0.39 is 0 Å². The van der Waals surface area contributed by atoms with Crippen LogP contribution in [0.1, 0.15) is 64.2 Å². The second kappa shape index (κ2) is 7.75. The molecular formula is C20H34N4O2. The zero-order valence-corrected chi connectivity index (χ0v) is 16.1. The third kappa shape index (κ3) is 3.85. The maximum absolute atomic E-state index is 13.1. The van der Waals surface area contributed by atoms with E-state index in [2.05, 4.69) is 10.6 Å². The van der Waals surface area contributed by atoms with Crippen LogP contribution in [0, 0.1) is 5.92 Å². The molecule has 0 aromatic rings. The molecule has 2 bridgehead atoms. The Morgan fingerprint density at radius 1 is 1.00 bits per heavy atom. The van der Waals surface area contributed by atoms with Crippen LogP contribution in [0.15, 0.2) is 0 Å². The average molecular weight is 363 g/mol. The second-order valence-corrected chi connectivity index (χ2v) is 8.93. The van der Waals surface area contributed by atoms with E-state index in [-0.39, 0.29) is 17.9 Å². The predicted molar refractivity (Wildman–Crippen MR) is 101 cm³/mol. The molecule has 3 aliphatic heterocycles. The number of likely N-dealkylation sites (tertiary alicyclic amines) is 1. The lowest BCUT2D eigenvalue weighted by molar-refractivity contribution is -0.138. The van der Waals surface area contributed by atoms with Gasteiger partial charge in [0.05, 0.1) is 5.92 Å². The third-order valence-electron chi connectivity index (χ3n) is 7.08. The van der Waals surface area contributed by atoms with E-state index in [0.717, 1.165) is 45.1 Å². The lowest BCUT2D eigenvalue weighted by Crippen LogP contribution is -2.54. The Balaban J connectivity index is 1.31. The summed E-state index contributed by atoms with van der Waals surface area (Å²) < 4.78 is 0. The molecule has 0 spiro atoms. The first-order valence-electron chi connectivity index (χ1n) is 10.7. The van der Waals surface area contributed by atoms with E-state index in [1.54, 1.807) is 0 Å². The predicted octanol–water partition coefficient (Wildman–Crippen LogP) is 2.09. The number of amides is 3. The highest BCUT2D eigenvalue weighted by atomic mass is 16.2. The smallest absolute Gasteiger partial charge is 0.317 e. The fourth-order valence-corrected chi connectivity index (χ4v) is 5.51. The standard InChI is InChI=1S/C20H34N4O2/c1-23(18-11-16-8-9-17(12-18)21-16)19(25)14-5-4-10-24(13-14)20(26)22-15-6-2-3-7-15/h14-18,21H,2-13H2,1H3,(H,22,26). The molecule has 3 atom stereocenters. The first-order chi connectivity index (χ1) is 12.6. The van der Waals surface area contributed by atoms with Crippen molar-refractivity contribution in [3.05, 3.63) is 0 Å². The normalized spacial score (nSPS) is 34.7. The summed E-state index contributed by atoms with van der Waals surface area (Å²) in [5.41, 5.74) is 0. The van der Waals surface area contributed by atoms with Gasteiger partial charge < -0.3 is 20.4 Å². The Morgan fingerprint density at radius 2 is 1.69 bits per heavy atom. The molecule has 26 heavy (non-hydrogen) atoms. The van der Waals surface area contributed by atoms with Crippen LogP contribution in [0.2, 0.25) is 0 Å². The summed E-state index contributed by atoms with van der Waals surface area (Å²) in [7, 11) is 1.98. The van der Waals surface area contributed by atoms with E-state index in [0.29, 0.717) is 30.7 Å². The molecule has 1 saturated carbocycles. The van der Waals surface area contributed by atoms with Gasteiger partial charge in [0.25, 0.3) is 0 Å². The van der Waals surface area contributed by atoms with Gasteiger partial charge in [-0.15, -0.1) is 0 Å². The van der Waals surface area contributed by atoms with Gasteiger partial charge in [0.1, 0.15) is 0 Å². The Hall–Kier alpha value is -1.30. The molecule has 2 N–H and O–H groups in total. The lowest BCUT2D eigenvalue weighted by atomic mass is 9.93. The Bertz CT molecular complexity index is 522. The summed E-state index contributed by atoms with van der Waals surface area (Å²) in [6, 6.07) is 1.93. The van der Waals surface area contributed by atoms with Gasteiger partial charge in [0.15, 0.2) is 0 Å². The number of piperidine rings is 2. The molecule has 6 nitrogen and oxygen atoms in total. The number of carbonyl (C=O) groups is 2. The number of rotatable bonds is 3. The largest absolute Gasteiger partial charge is 0.342 e. The van der Waals surface area contributed by atoms with Gasteiger partial charge in [-0.1, -0.05) is 12.8 Å². The van der Waals surface area contributed by atoms with Crippen LogP contribution >= 0.6 is 0 Å². The van der Waals surface area contributed by atoms with E-state index in [1.807, 2.05) is 16.8 Å². The number of urea groups is 1. The van der Waals surface area contributed by atoms with Gasteiger partial charge in [-0.25, -0.2) is 4.79 Å². The van der Waals surface area contributed by atoms with Crippen molar-refractivity contribution in [2.45, 2.75) is 88.4 Å². The molecule has 4 aliphatic rings. The summed E-state index contributed by atoms with van der Waals surface area (Å²) >= 11 is 0. The average Bonchev–Trinajstić information content (AvgIpc) is 3.29. The molecule has 6 heteroatoms. The maximum atomic E-state index is 13.1. The molecular weight excluding hydrogens is 328 g/mol. The number of hydrogen-bond acceptors (Lipinski definition) is 3. The van der Waals surface area contributed by atoms with E-state index in [9.17, 15) is 9.59 Å². The van der Waals surface area contributed by atoms with Gasteiger partial charge in [0.2, 0.25) is 5.91 Å². The lowest BCUT2D eigenvalue weighted by Gasteiger charge is -2.39. The zero-order chi connectivity index (χ0) is 18.1. The van der Waals surface area contributed by atoms with Crippen molar-refractivity contribution < 1.29 is 9.59 Å². The van der Waals surface area contributed by atoms with E-state index in [1.165, 1.54) is 25.7 Å². The summed E-state index contributed by atoms with van der Waals surface area (Å²) in [6.07, 6.45) is 11.1. The summed E-state index contributed by atoms with van der Waals surface area (Å²) in [5.74, 6) is 0.213. The Morgan fingerprint density at radius 3 is 2.38 bits per heavy atom. The molecule has 0 radical (unpaired) electrons. The van der Waals surface area contributed by atoms with E-state index >= 15 is 0 Å². The van der Waals surface area contributed by atoms with Gasteiger partial charge in [-0.3, -0.25) is 4.79 Å². The van der Waals surface area contributed by atoms with Crippen molar-refractivity contribution in [2.75, 3.05) is 20.1 Å². The maximum Gasteiger partial charge on any atom is 0.317 e. The SMILES string of the molecule is CN(C(=O)C1CCCN(C(=O)NC2CCCC2)C1)C1CC2CCC(C1)N2. The molecule has 0 aromatic heterocycles. The highest BCUT2D eigenvalue weighted by molar-refractivity contribution is 5.81. The number of nitrogens with one attached hydrogen (secondary N) is 2. The number of fused-ring (bicyclic) bond motifs is 2. The van der Waals surface area contributed by atoms with Crippen molar-refractivity contribution in [1.82, 2.24) is 20.4 Å². The molecule has 4 rings (SSSR count). The van der Waals surface area contributed by atoms with Gasteiger partial charge in [0, 0.05) is 44.3 Å². The van der Waals surface area contributed by atoms with Crippen molar-refractivity contribution in [2.24, 2.45) is 5.92 Å². The van der Waals surface area contributed by atoms with Crippen LogP contribution < -0.4 is 10.6 Å². The van der Waals surface area contributed by atoms with Gasteiger partial charge in [-0.2, -0.15) is 0 Å². The summed E-state index contributed by atoms with van der Waals surface area (Å²) in [5, 5.41) is 6.83. The molecule has 3 amide bonds. The molecule has 4 fully saturated rings. The fourth-order valence-electron chi connectivity index (χ4n) is 5.51. The number of nitrogens with zero attached hydrogens (tertiary/aromatic N) is 2. The Labute approximate surface area is 157 Å². The topological polar surface area (TPSA) is 64.7 Å². The van der Waals surface area contributed by atoms with Crippen LogP contribution in [0.5, 0.6) is 0 Å². The van der Waals surface area contributed by atoms with Crippen molar-refractivity contribution >= 4 is 11.9 Å². The van der Waals surface area contributed by atoms with Crippen molar-refractivity contribution in [1.29, 1.82) is 0 Å². The number of carbonyl (C=O) groups excluding carboxylic acids is 2. The molecule has 0 aromatic carbocycles. The Kier molecular flexibility index (Phi) is 5.39. The first-order valence-corrected chi connectivity index (χ1v) is 10.7. The zero-order valence-electron chi connectivity index (χ0n) is 16.1. The van der Waals surface area contributed by atoms with Crippen LogP contribution in [0.4, 0.5) is 4.79 Å². The monoisotopic (exact) mass is 362 g/mol. The molecule has 3 heterocycles. The first kappa shape index (κ1) is 18.1.